The van der Waals surface area contributed by atoms with E-state index in [9.17, 15) is 4.79 Å². The van der Waals surface area contributed by atoms with Gasteiger partial charge >= 0.3 is 0 Å². The molecule has 0 atom stereocenters. The molecule has 21 heavy (non-hydrogen) atoms. The maximum atomic E-state index is 12.6. The van der Waals surface area contributed by atoms with E-state index in [1.54, 1.807) is 23.9 Å². The minimum Gasteiger partial charge on any atom is -0.383 e. The van der Waals surface area contributed by atoms with Gasteiger partial charge < -0.3 is 10.5 Å². The number of hydrogen-bond acceptors (Lipinski definition) is 4. The van der Waals surface area contributed by atoms with Crippen LogP contribution in [0.4, 0.5) is 0 Å². The number of carbonyl (C=O) groups is 1. The molecule has 112 valence electrons. The van der Waals surface area contributed by atoms with E-state index >= 15 is 0 Å². The number of nitrogens with zero attached hydrogens (tertiary/aromatic N) is 2. The molecule has 0 aliphatic rings. The van der Waals surface area contributed by atoms with Crippen molar-refractivity contribution in [1.82, 2.24) is 9.78 Å². The van der Waals surface area contributed by atoms with Crippen LogP contribution >= 0.6 is 11.6 Å². The Kier molecular flexibility index (Phi) is 5.50. The van der Waals surface area contributed by atoms with E-state index in [1.165, 1.54) is 6.20 Å². The van der Waals surface area contributed by atoms with Gasteiger partial charge in [0.1, 0.15) is 5.69 Å². The van der Waals surface area contributed by atoms with Crippen molar-refractivity contribution in [3.8, 4) is 0 Å². The van der Waals surface area contributed by atoms with Gasteiger partial charge in [-0.05, 0) is 18.5 Å². The lowest BCUT2D eigenvalue weighted by Gasteiger charge is -2.07. The van der Waals surface area contributed by atoms with Crippen LogP contribution < -0.4 is 5.73 Å². The van der Waals surface area contributed by atoms with E-state index in [2.05, 4.69) is 5.10 Å². The number of ether oxygens (including phenoxy) is 1. The third-order valence-electron chi connectivity index (χ3n) is 3.17. The summed E-state index contributed by atoms with van der Waals surface area (Å²) in [6.07, 6.45) is 2.27. The molecular formula is C15H18ClN3O2. The van der Waals surface area contributed by atoms with Gasteiger partial charge in [0.05, 0.1) is 24.4 Å². The zero-order valence-corrected chi connectivity index (χ0v) is 12.6. The first-order valence-corrected chi connectivity index (χ1v) is 7.09. The maximum absolute atomic E-state index is 12.6. The second-order valence-electron chi connectivity index (χ2n) is 4.62. The largest absolute Gasteiger partial charge is 0.383 e. The second-order valence-corrected chi connectivity index (χ2v) is 5.03. The minimum absolute atomic E-state index is 0.145. The summed E-state index contributed by atoms with van der Waals surface area (Å²) >= 11 is 6.09. The van der Waals surface area contributed by atoms with Gasteiger partial charge in [-0.1, -0.05) is 35.9 Å². The van der Waals surface area contributed by atoms with E-state index < -0.39 is 0 Å². The number of nitrogens with two attached hydrogens (primary N) is 1. The zero-order chi connectivity index (χ0) is 15.2. The lowest BCUT2D eigenvalue weighted by atomic mass is 10.0. The molecule has 5 nitrogen and oxygen atoms in total. The molecule has 1 aromatic carbocycles. The van der Waals surface area contributed by atoms with Gasteiger partial charge in [-0.2, -0.15) is 5.10 Å². The van der Waals surface area contributed by atoms with E-state index in [0.29, 0.717) is 36.0 Å². The van der Waals surface area contributed by atoms with Crippen LogP contribution in [0.2, 0.25) is 5.02 Å². The normalized spacial score (nSPS) is 10.8. The van der Waals surface area contributed by atoms with Crippen molar-refractivity contribution < 1.29 is 9.53 Å². The zero-order valence-electron chi connectivity index (χ0n) is 11.9. The van der Waals surface area contributed by atoms with Crippen LogP contribution in [0.5, 0.6) is 0 Å². The summed E-state index contributed by atoms with van der Waals surface area (Å²) in [5, 5.41) is 4.46. The Morgan fingerprint density at radius 3 is 2.71 bits per heavy atom. The lowest BCUT2D eigenvalue weighted by Crippen LogP contribution is -2.14. The third kappa shape index (κ3) is 3.69. The summed E-state index contributed by atoms with van der Waals surface area (Å²) in [6, 6.07) is 7.39. The van der Waals surface area contributed by atoms with Crippen LogP contribution in [-0.4, -0.2) is 35.8 Å². The molecule has 0 saturated carbocycles. The molecule has 2 N–H and O–H groups in total. The SMILES string of the molecule is COCCn1ncc(Cl)c1C(=O)c1ccc(CCN)cc1. The summed E-state index contributed by atoms with van der Waals surface area (Å²) in [7, 11) is 1.60. The Morgan fingerprint density at radius 2 is 2.10 bits per heavy atom. The number of hydrogen-bond donors (Lipinski definition) is 1. The first kappa shape index (κ1) is 15.7. The van der Waals surface area contributed by atoms with Crippen molar-refractivity contribution in [3.05, 3.63) is 52.3 Å². The standard InChI is InChI=1S/C15H18ClN3O2/c1-21-9-8-19-14(13(16)10-18-19)15(20)12-4-2-11(3-5-12)6-7-17/h2-5,10H,6-9,17H2,1H3. The fraction of sp³-hybridized carbons (Fsp3) is 0.333. The Balaban J connectivity index is 2.24. The Bertz CT molecular complexity index is 608. The minimum atomic E-state index is -0.145. The quantitative estimate of drug-likeness (QED) is 0.793. The maximum Gasteiger partial charge on any atom is 0.212 e. The monoisotopic (exact) mass is 307 g/mol. The van der Waals surface area contributed by atoms with Crippen molar-refractivity contribution in [3.63, 3.8) is 0 Å². The highest BCUT2D eigenvalue weighted by Gasteiger charge is 2.19. The van der Waals surface area contributed by atoms with Gasteiger partial charge in [-0.3, -0.25) is 9.48 Å². The van der Waals surface area contributed by atoms with Gasteiger partial charge in [0, 0.05) is 12.7 Å². The summed E-state index contributed by atoms with van der Waals surface area (Å²) in [6.45, 7) is 1.53. The molecule has 6 heteroatoms. The molecule has 0 amide bonds. The lowest BCUT2D eigenvalue weighted by molar-refractivity contribution is 0.102. The van der Waals surface area contributed by atoms with Crippen molar-refractivity contribution in [2.75, 3.05) is 20.3 Å². The van der Waals surface area contributed by atoms with Crippen LogP contribution in [0, 0.1) is 0 Å². The number of halogens is 1. The fourth-order valence-electron chi connectivity index (χ4n) is 2.06. The number of methoxy groups -OCH3 is 1. The molecule has 0 bridgehead atoms. The van der Waals surface area contributed by atoms with Gasteiger partial charge in [-0.15, -0.1) is 0 Å². The number of rotatable bonds is 7. The first-order chi connectivity index (χ1) is 10.2. The number of ketones is 1. The van der Waals surface area contributed by atoms with Gasteiger partial charge in [0.2, 0.25) is 5.78 Å². The van der Waals surface area contributed by atoms with E-state index in [4.69, 9.17) is 22.1 Å². The molecule has 1 heterocycles. The van der Waals surface area contributed by atoms with Crippen LogP contribution in [0.15, 0.2) is 30.5 Å². The first-order valence-electron chi connectivity index (χ1n) is 6.71. The molecular weight excluding hydrogens is 290 g/mol. The molecule has 0 fully saturated rings. The fourth-order valence-corrected chi connectivity index (χ4v) is 2.29. The molecule has 0 unspecified atom stereocenters. The highest BCUT2D eigenvalue weighted by molar-refractivity contribution is 6.34. The van der Waals surface area contributed by atoms with Crippen molar-refractivity contribution >= 4 is 17.4 Å². The van der Waals surface area contributed by atoms with E-state index in [1.807, 2.05) is 12.1 Å². The van der Waals surface area contributed by atoms with Gasteiger partial charge in [0.25, 0.3) is 0 Å². The summed E-state index contributed by atoms with van der Waals surface area (Å²) in [5.41, 5.74) is 7.59. The molecule has 0 aliphatic carbocycles. The van der Waals surface area contributed by atoms with Crippen molar-refractivity contribution in [1.29, 1.82) is 0 Å². The average molecular weight is 308 g/mol. The Hall–Kier alpha value is -1.69. The number of benzene rings is 1. The van der Waals surface area contributed by atoms with Crippen molar-refractivity contribution in [2.45, 2.75) is 13.0 Å². The Labute approximate surface area is 128 Å². The molecule has 2 rings (SSSR count). The second kappa shape index (κ2) is 7.36. The topological polar surface area (TPSA) is 70.1 Å². The van der Waals surface area contributed by atoms with Crippen LogP contribution in [0.25, 0.3) is 0 Å². The van der Waals surface area contributed by atoms with Crippen LogP contribution in [0.3, 0.4) is 0 Å². The average Bonchev–Trinajstić information content (AvgIpc) is 2.86. The Morgan fingerprint density at radius 1 is 1.38 bits per heavy atom. The number of aromatic nitrogens is 2. The molecule has 0 radical (unpaired) electrons. The van der Waals surface area contributed by atoms with E-state index in [0.717, 1.165) is 12.0 Å². The van der Waals surface area contributed by atoms with Gasteiger partial charge in [0.15, 0.2) is 0 Å². The third-order valence-corrected chi connectivity index (χ3v) is 3.44. The van der Waals surface area contributed by atoms with Crippen LogP contribution in [0.1, 0.15) is 21.6 Å². The molecule has 2 aromatic rings. The highest BCUT2D eigenvalue weighted by atomic mass is 35.5. The van der Waals surface area contributed by atoms with E-state index in [-0.39, 0.29) is 5.78 Å². The van der Waals surface area contributed by atoms with Crippen molar-refractivity contribution in [2.24, 2.45) is 5.73 Å². The molecule has 1 aromatic heterocycles. The summed E-state index contributed by atoms with van der Waals surface area (Å²) in [5.74, 6) is -0.145. The molecule has 0 aliphatic heterocycles. The smallest absolute Gasteiger partial charge is 0.212 e. The predicted octanol–water partition coefficient (Wildman–Crippen LogP) is 1.92. The summed E-state index contributed by atoms with van der Waals surface area (Å²) < 4.78 is 6.58. The molecule has 0 saturated heterocycles. The molecule has 0 spiro atoms. The van der Waals surface area contributed by atoms with Crippen LogP contribution in [-0.2, 0) is 17.7 Å². The number of carbonyl (C=O) groups excluding carboxylic acids is 1. The highest BCUT2D eigenvalue weighted by Crippen LogP contribution is 2.19. The van der Waals surface area contributed by atoms with Gasteiger partial charge in [-0.25, -0.2) is 0 Å². The predicted molar refractivity (Wildman–Crippen MR) is 81.7 cm³/mol. The summed E-state index contributed by atoms with van der Waals surface area (Å²) in [4.78, 5) is 12.6.